The molecular formula is C14H15N3O4. The van der Waals surface area contributed by atoms with Gasteiger partial charge >= 0.3 is 12.0 Å². The Morgan fingerprint density at radius 3 is 2.57 bits per heavy atom. The van der Waals surface area contributed by atoms with Gasteiger partial charge < -0.3 is 20.2 Å². The molecule has 1 fully saturated rings. The summed E-state index contributed by atoms with van der Waals surface area (Å²) in [6.07, 6.45) is 0. The number of hydrogen-bond acceptors (Lipinski definition) is 3. The zero-order valence-electron chi connectivity index (χ0n) is 11.3. The Hall–Kier alpha value is -2.57. The van der Waals surface area contributed by atoms with Gasteiger partial charge in [-0.15, -0.1) is 0 Å². The number of amides is 3. The second-order valence-corrected chi connectivity index (χ2v) is 5.20. The van der Waals surface area contributed by atoms with E-state index in [9.17, 15) is 14.4 Å². The molecule has 2 aliphatic rings. The highest BCUT2D eigenvalue weighted by Gasteiger charge is 2.30. The quantitative estimate of drug-likeness (QED) is 0.775. The fraction of sp³-hybridized carbons (Fsp3) is 0.357. The number of nitrogens with one attached hydrogen (secondary N) is 1. The average molecular weight is 289 g/mol. The standard InChI is InChI=1S/C14H15N3O4/c18-12-8-16(4-3-15-12)14(21)17-6-10-2-1-9(13(19)20)5-11(10)7-17/h1-2,5H,3-4,6-8H2,(H,15,18)(H,19,20). The van der Waals surface area contributed by atoms with E-state index < -0.39 is 5.97 Å². The molecule has 7 nitrogen and oxygen atoms in total. The Bertz CT molecular complexity index is 629. The topological polar surface area (TPSA) is 90.0 Å². The minimum absolute atomic E-state index is 0.0755. The number of carboxylic acid groups (broad SMARTS) is 1. The molecular weight excluding hydrogens is 274 g/mol. The van der Waals surface area contributed by atoms with Crippen molar-refractivity contribution in [2.45, 2.75) is 13.1 Å². The summed E-state index contributed by atoms with van der Waals surface area (Å²) in [5.74, 6) is -1.13. The van der Waals surface area contributed by atoms with Crippen molar-refractivity contribution in [2.75, 3.05) is 19.6 Å². The molecule has 0 saturated carbocycles. The van der Waals surface area contributed by atoms with E-state index in [0.717, 1.165) is 11.1 Å². The van der Waals surface area contributed by atoms with Crippen LogP contribution in [0.15, 0.2) is 18.2 Å². The van der Waals surface area contributed by atoms with Crippen molar-refractivity contribution in [1.82, 2.24) is 15.1 Å². The number of carbonyl (C=O) groups is 3. The first-order valence-corrected chi connectivity index (χ1v) is 6.70. The molecule has 3 amide bonds. The lowest BCUT2D eigenvalue weighted by atomic mass is 10.1. The molecule has 0 unspecified atom stereocenters. The van der Waals surface area contributed by atoms with E-state index in [1.54, 1.807) is 23.1 Å². The van der Waals surface area contributed by atoms with Crippen LogP contribution in [-0.2, 0) is 17.9 Å². The Labute approximate surface area is 121 Å². The molecule has 0 radical (unpaired) electrons. The Balaban J connectivity index is 1.73. The maximum Gasteiger partial charge on any atom is 0.335 e. The van der Waals surface area contributed by atoms with Crippen LogP contribution in [0.25, 0.3) is 0 Å². The molecule has 3 rings (SSSR count). The van der Waals surface area contributed by atoms with Gasteiger partial charge in [0.2, 0.25) is 5.91 Å². The summed E-state index contributed by atoms with van der Waals surface area (Å²) < 4.78 is 0. The highest BCUT2D eigenvalue weighted by molar-refractivity contribution is 5.88. The lowest BCUT2D eigenvalue weighted by Crippen LogP contribution is -2.53. The van der Waals surface area contributed by atoms with Gasteiger partial charge in [-0.05, 0) is 23.3 Å². The SMILES string of the molecule is O=C1CN(C(=O)N2Cc3ccc(C(=O)O)cc3C2)CCN1. The molecule has 2 heterocycles. The van der Waals surface area contributed by atoms with Crippen molar-refractivity contribution in [1.29, 1.82) is 0 Å². The van der Waals surface area contributed by atoms with Gasteiger partial charge in [0.25, 0.3) is 0 Å². The Morgan fingerprint density at radius 1 is 1.10 bits per heavy atom. The van der Waals surface area contributed by atoms with E-state index in [2.05, 4.69) is 5.32 Å². The van der Waals surface area contributed by atoms with E-state index >= 15 is 0 Å². The number of carbonyl (C=O) groups excluding carboxylic acids is 2. The van der Waals surface area contributed by atoms with Crippen molar-refractivity contribution in [3.8, 4) is 0 Å². The number of hydrogen-bond donors (Lipinski definition) is 2. The largest absolute Gasteiger partial charge is 0.478 e. The van der Waals surface area contributed by atoms with E-state index in [0.29, 0.717) is 26.2 Å². The summed E-state index contributed by atoms with van der Waals surface area (Å²) in [5, 5.41) is 11.7. The van der Waals surface area contributed by atoms with Crippen LogP contribution >= 0.6 is 0 Å². The van der Waals surface area contributed by atoms with Gasteiger partial charge in [0, 0.05) is 26.2 Å². The van der Waals surface area contributed by atoms with Crippen molar-refractivity contribution in [2.24, 2.45) is 0 Å². The molecule has 0 aliphatic carbocycles. The van der Waals surface area contributed by atoms with Crippen LogP contribution < -0.4 is 5.32 Å². The van der Waals surface area contributed by atoms with E-state index in [1.807, 2.05) is 0 Å². The smallest absolute Gasteiger partial charge is 0.335 e. The lowest BCUT2D eigenvalue weighted by Gasteiger charge is -2.30. The summed E-state index contributed by atoms with van der Waals surface area (Å²) in [7, 11) is 0. The average Bonchev–Trinajstić information content (AvgIpc) is 2.89. The van der Waals surface area contributed by atoms with Gasteiger partial charge in [-0.1, -0.05) is 6.07 Å². The van der Waals surface area contributed by atoms with Gasteiger partial charge in [-0.3, -0.25) is 4.79 Å². The first-order chi connectivity index (χ1) is 10.0. The summed E-state index contributed by atoms with van der Waals surface area (Å²) in [4.78, 5) is 37.8. The first-order valence-electron chi connectivity index (χ1n) is 6.70. The van der Waals surface area contributed by atoms with Gasteiger partial charge in [0.15, 0.2) is 0 Å². The molecule has 0 atom stereocenters. The first kappa shape index (κ1) is 13.4. The highest BCUT2D eigenvalue weighted by Crippen LogP contribution is 2.25. The van der Waals surface area contributed by atoms with Crippen LogP contribution in [0, 0.1) is 0 Å². The van der Waals surface area contributed by atoms with E-state index in [1.165, 1.54) is 4.90 Å². The monoisotopic (exact) mass is 289 g/mol. The minimum Gasteiger partial charge on any atom is -0.478 e. The highest BCUT2D eigenvalue weighted by atomic mass is 16.4. The third kappa shape index (κ3) is 2.54. The maximum atomic E-state index is 12.4. The second kappa shape index (κ2) is 5.08. The maximum absolute atomic E-state index is 12.4. The van der Waals surface area contributed by atoms with E-state index in [4.69, 9.17) is 5.11 Å². The molecule has 2 N–H and O–H groups in total. The van der Waals surface area contributed by atoms with Gasteiger partial charge in [-0.25, -0.2) is 9.59 Å². The Morgan fingerprint density at radius 2 is 1.86 bits per heavy atom. The number of rotatable bonds is 1. The summed E-state index contributed by atoms with van der Waals surface area (Å²) in [5.41, 5.74) is 2.03. The summed E-state index contributed by atoms with van der Waals surface area (Å²) >= 11 is 0. The molecule has 21 heavy (non-hydrogen) atoms. The van der Waals surface area contributed by atoms with Crippen LogP contribution in [0.4, 0.5) is 4.79 Å². The van der Waals surface area contributed by atoms with Crippen molar-refractivity contribution in [3.63, 3.8) is 0 Å². The lowest BCUT2D eigenvalue weighted by molar-refractivity contribution is -0.123. The predicted molar refractivity (Wildman–Crippen MR) is 72.6 cm³/mol. The number of carboxylic acids is 1. The summed E-state index contributed by atoms with van der Waals surface area (Å²) in [6.45, 7) is 1.87. The predicted octanol–water partition coefficient (Wildman–Crippen LogP) is 0.252. The fourth-order valence-corrected chi connectivity index (χ4v) is 2.66. The van der Waals surface area contributed by atoms with Crippen LogP contribution in [0.2, 0.25) is 0 Å². The van der Waals surface area contributed by atoms with Crippen LogP contribution in [0.5, 0.6) is 0 Å². The van der Waals surface area contributed by atoms with Crippen LogP contribution in [0.3, 0.4) is 0 Å². The van der Waals surface area contributed by atoms with Crippen LogP contribution in [0.1, 0.15) is 21.5 Å². The zero-order valence-corrected chi connectivity index (χ0v) is 11.3. The van der Waals surface area contributed by atoms with Gasteiger partial charge in [0.05, 0.1) is 5.56 Å². The second-order valence-electron chi connectivity index (χ2n) is 5.20. The molecule has 7 heteroatoms. The van der Waals surface area contributed by atoms with Crippen molar-refractivity contribution < 1.29 is 19.5 Å². The normalized spacial score (nSPS) is 17.4. The molecule has 0 bridgehead atoms. The zero-order chi connectivity index (χ0) is 15.0. The number of nitrogens with zero attached hydrogens (tertiary/aromatic N) is 2. The van der Waals surface area contributed by atoms with Crippen LogP contribution in [-0.4, -0.2) is 52.4 Å². The fourth-order valence-electron chi connectivity index (χ4n) is 2.66. The molecule has 0 aromatic heterocycles. The number of aromatic carboxylic acids is 1. The number of fused-ring (bicyclic) bond motifs is 1. The third-order valence-electron chi connectivity index (χ3n) is 3.76. The van der Waals surface area contributed by atoms with E-state index in [-0.39, 0.29) is 24.0 Å². The molecule has 1 aromatic carbocycles. The van der Waals surface area contributed by atoms with Crippen molar-refractivity contribution in [3.05, 3.63) is 34.9 Å². The van der Waals surface area contributed by atoms with Gasteiger partial charge in [0.1, 0.15) is 6.54 Å². The minimum atomic E-state index is -0.977. The Kier molecular flexibility index (Phi) is 3.25. The number of benzene rings is 1. The molecule has 110 valence electrons. The molecule has 2 aliphatic heterocycles. The molecule has 1 aromatic rings. The number of piperazine rings is 1. The third-order valence-corrected chi connectivity index (χ3v) is 3.76. The van der Waals surface area contributed by atoms with Gasteiger partial charge in [-0.2, -0.15) is 0 Å². The molecule has 1 saturated heterocycles. The molecule has 0 spiro atoms. The summed E-state index contributed by atoms with van der Waals surface area (Å²) in [6, 6.07) is 4.71. The number of urea groups is 1. The van der Waals surface area contributed by atoms with Crippen molar-refractivity contribution >= 4 is 17.9 Å².